The quantitative estimate of drug-likeness (QED) is 0.489. The van der Waals surface area contributed by atoms with Crippen LogP contribution in [0.15, 0.2) is 54.7 Å². The summed E-state index contributed by atoms with van der Waals surface area (Å²) in [4.78, 5) is 29.6. The number of carbonyl (C=O) groups excluding carboxylic acids is 2. The third-order valence-electron chi connectivity index (χ3n) is 4.64. The van der Waals surface area contributed by atoms with Gasteiger partial charge in [0, 0.05) is 30.8 Å². The third kappa shape index (κ3) is 7.05. The van der Waals surface area contributed by atoms with Gasteiger partial charge in [0.05, 0.1) is 5.69 Å². The zero-order chi connectivity index (χ0) is 24.0. The Morgan fingerprint density at radius 1 is 1.15 bits per heavy atom. The lowest BCUT2D eigenvalue weighted by Gasteiger charge is -2.23. The number of nitrogens with zero attached hydrogens (tertiary/aromatic N) is 3. The van der Waals surface area contributed by atoms with Gasteiger partial charge in [-0.15, -0.1) is 0 Å². The molecule has 2 N–H and O–H groups in total. The summed E-state index contributed by atoms with van der Waals surface area (Å²) in [6.45, 7) is 7.77. The van der Waals surface area contributed by atoms with E-state index in [4.69, 9.17) is 16.3 Å². The number of anilines is 1. The first-order valence-electron chi connectivity index (χ1n) is 10.7. The van der Waals surface area contributed by atoms with Gasteiger partial charge in [0.1, 0.15) is 22.6 Å². The van der Waals surface area contributed by atoms with Gasteiger partial charge in [-0.1, -0.05) is 41.9 Å². The molecule has 0 aliphatic heterocycles. The van der Waals surface area contributed by atoms with Gasteiger partial charge in [0.2, 0.25) is 5.91 Å². The fraction of sp³-hybridized carbons (Fsp3) is 0.333. The van der Waals surface area contributed by atoms with Gasteiger partial charge in [0.25, 0.3) is 0 Å². The van der Waals surface area contributed by atoms with Gasteiger partial charge in [-0.2, -0.15) is 5.10 Å². The Morgan fingerprint density at radius 2 is 1.88 bits per heavy atom. The second kappa shape index (κ2) is 10.5. The van der Waals surface area contributed by atoms with Crippen molar-refractivity contribution in [2.75, 3.05) is 5.32 Å². The topological polar surface area (TPSA) is 98.1 Å². The molecule has 33 heavy (non-hydrogen) atoms. The van der Waals surface area contributed by atoms with E-state index >= 15 is 0 Å². The first kappa shape index (κ1) is 24.3. The van der Waals surface area contributed by atoms with Crippen LogP contribution in [0.2, 0.25) is 5.15 Å². The lowest BCUT2D eigenvalue weighted by Crippen LogP contribution is -2.47. The molecule has 0 aliphatic rings. The van der Waals surface area contributed by atoms with Gasteiger partial charge < -0.3 is 15.4 Å². The second-order valence-corrected chi connectivity index (χ2v) is 8.86. The summed E-state index contributed by atoms with van der Waals surface area (Å²) in [5.41, 5.74) is 1.66. The number of rotatable bonds is 7. The summed E-state index contributed by atoms with van der Waals surface area (Å²) in [6.07, 6.45) is 1.25. The lowest BCUT2D eigenvalue weighted by molar-refractivity contribution is -0.118. The van der Waals surface area contributed by atoms with Crippen molar-refractivity contribution in [2.24, 2.45) is 0 Å². The van der Waals surface area contributed by atoms with Crippen LogP contribution >= 0.6 is 11.6 Å². The van der Waals surface area contributed by atoms with E-state index in [9.17, 15) is 9.59 Å². The van der Waals surface area contributed by atoms with Crippen molar-refractivity contribution >= 4 is 29.4 Å². The molecule has 8 nitrogen and oxygen atoms in total. The molecule has 2 heterocycles. The molecule has 2 amide bonds. The zero-order valence-corrected chi connectivity index (χ0v) is 19.9. The van der Waals surface area contributed by atoms with Gasteiger partial charge in [-0.25, -0.2) is 14.5 Å². The van der Waals surface area contributed by atoms with Crippen LogP contribution < -0.4 is 10.6 Å². The minimum atomic E-state index is -0.846. The minimum Gasteiger partial charge on any atom is -0.444 e. The standard InChI is InChI=1S/C24H28ClN5O3/c1-5-30-21(15-18(29-30)17-11-12-26-20(25)14-17)28-22(31)19(13-16-9-7-6-8-10-16)27-23(32)33-24(2,3)4/h6-12,14-15,19H,5,13H2,1-4H3,(H,27,32)(H,28,31)/t19-/m0/s1. The largest absolute Gasteiger partial charge is 0.444 e. The van der Waals surface area contributed by atoms with Gasteiger partial charge >= 0.3 is 6.09 Å². The molecule has 0 aliphatic carbocycles. The van der Waals surface area contributed by atoms with Crippen molar-refractivity contribution in [2.45, 2.75) is 52.3 Å². The smallest absolute Gasteiger partial charge is 0.408 e. The van der Waals surface area contributed by atoms with E-state index < -0.39 is 17.7 Å². The third-order valence-corrected chi connectivity index (χ3v) is 4.85. The van der Waals surface area contributed by atoms with E-state index in [-0.39, 0.29) is 5.91 Å². The van der Waals surface area contributed by atoms with Crippen LogP contribution in [0.5, 0.6) is 0 Å². The Morgan fingerprint density at radius 3 is 2.52 bits per heavy atom. The fourth-order valence-corrected chi connectivity index (χ4v) is 3.36. The summed E-state index contributed by atoms with van der Waals surface area (Å²) in [5, 5.41) is 10.5. The molecule has 174 valence electrons. The number of carbonyl (C=O) groups is 2. The molecule has 2 aromatic heterocycles. The fourth-order valence-electron chi connectivity index (χ4n) is 3.18. The maximum atomic E-state index is 13.2. The predicted molar refractivity (Wildman–Crippen MR) is 128 cm³/mol. The number of amides is 2. The molecule has 0 bridgehead atoms. The summed E-state index contributed by atoms with van der Waals surface area (Å²) >= 11 is 6.00. The summed E-state index contributed by atoms with van der Waals surface area (Å²) in [7, 11) is 0. The Kier molecular flexibility index (Phi) is 7.71. The van der Waals surface area contributed by atoms with Gasteiger partial charge in [0.15, 0.2) is 0 Å². The molecule has 0 saturated carbocycles. The predicted octanol–water partition coefficient (Wildman–Crippen LogP) is 4.69. The molecule has 0 saturated heterocycles. The first-order valence-corrected chi connectivity index (χ1v) is 11.1. The number of pyridine rings is 1. The number of aromatic nitrogens is 3. The number of aryl methyl sites for hydroxylation is 1. The van der Waals surface area contributed by atoms with Crippen molar-refractivity contribution in [3.8, 4) is 11.3 Å². The van der Waals surface area contributed by atoms with E-state index in [2.05, 4.69) is 20.7 Å². The average molecular weight is 470 g/mol. The van der Waals surface area contributed by atoms with E-state index in [1.807, 2.05) is 37.3 Å². The van der Waals surface area contributed by atoms with Crippen molar-refractivity contribution in [1.29, 1.82) is 0 Å². The molecular weight excluding hydrogens is 442 g/mol. The lowest BCUT2D eigenvalue weighted by atomic mass is 10.1. The number of hydrogen-bond acceptors (Lipinski definition) is 5. The Labute approximate surface area is 198 Å². The maximum absolute atomic E-state index is 13.2. The van der Waals surface area contributed by atoms with Crippen LogP contribution in [0.1, 0.15) is 33.3 Å². The van der Waals surface area contributed by atoms with Crippen molar-refractivity contribution in [1.82, 2.24) is 20.1 Å². The first-order chi connectivity index (χ1) is 15.6. The summed E-state index contributed by atoms with van der Waals surface area (Å²) < 4.78 is 7.03. The van der Waals surface area contributed by atoms with Crippen molar-refractivity contribution in [3.05, 3.63) is 65.4 Å². The average Bonchev–Trinajstić information content (AvgIpc) is 3.15. The molecule has 0 radical (unpaired) electrons. The molecule has 9 heteroatoms. The van der Waals surface area contributed by atoms with Crippen LogP contribution in [0.25, 0.3) is 11.3 Å². The Bertz CT molecular complexity index is 1110. The molecule has 1 aromatic carbocycles. The Hall–Kier alpha value is -3.39. The Balaban J connectivity index is 1.82. The highest BCUT2D eigenvalue weighted by Crippen LogP contribution is 2.24. The summed E-state index contributed by atoms with van der Waals surface area (Å²) in [6, 6.07) is 13.9. The van der Waals surface area contributed by atoms with E-state index in [0.717, 1.165) is 11.1 Å². The second-order valence-electron chi connectivity index (χ2n) is 8.48. The number of ether oxygens (including phenoxy) is 1. The molecule has 3 aromatic rings. The minimum absolute atomic E-state index is 0.305. The van der Waals surface area contributed by atoms with Crippen LogP contribution in [-0.2, 0) is 22.5 Å². The molecule has 1 atom stereocenters. The van der Waals surface area contributed by atoms with Crippen LogP contribution in [-0.4, -0.2) is 38.4 Å². The molecule has 3 rings (SSSR count). The highest BCUT2D eigenvalue weighted by molar-refractivity contribution is 6.29. The van der Waals surface area contributed by atoms with Gasteiger partial charge in [-0.05, 0) is 45.4 Å². The van der Waals surface area contributed by atoms with Crippen LogP contribution in [0, 0.1) is 0 Å². The molecule has 0 fully saturated rings. The van der Waals surface area contributed by atoms with E-state index in [0.29, 0.717) is 29.6 Å². The van der Waals surface area contributed by atoms with Gasteiger partial charge in [-0.3, -0.25) is 4.79 Å². The van der Waals surface area contributed by atoms with Crippen molar-refractivity contribution < 1.29 is 14.3 Å². The SMILES string of the molecule is CCn1nc(-c2ccnc(Cl)c2)cc1NC(=O)[C@H](Cc1ccccc1)NC(=O)OC(C)(C)C. The summed E-state index contributed by atoms with van der Waals surface area (Å²) in [5.74, 6) is 0.133. The van der Waals surface area contributed by atoms with E-state index in [1.54, 1.807) is 49.8 Å². The number of benzene rings is 1. The van der Waals surface area contributed by atoms with Crippen molar-refractivity contribution in [3.63, 3.8) is 0 Å². The van der Waals surface area contributed by atoms with E-state index in [1.165, 1.54) is 0 Å². The zero-order valence-electron chi connectivity index (χ0n) is 19.1. The molecule has 0 spiro atoms. The molecular formula is C24H28ClN5O3. The highest BCUT2D eigenvalue weighted by Gasteiger charge is 2.26. The number of alkyl carbamates (subject to hydrolysis) is 1. The normalized spacial score (nSPS) is 12.2. The monoisotopic (exact) mass is 469 g/mol. The molecule has 0 unspecified atom stereocenters. The van der Waals surface area contributed by atoms with Crippen LogP contribution in [0.4, 0.5) is 10.6 Å². The highest BCUT2D eigenvalue weighted by atomic mass is 35.5. The number of hydrogen-bond donors (Lipinski definition) is 2. The maximum Gasteiger partial charge on any atom is 0.408 e. The number of halogens is 1. The van der Waals surface area contributed by atoms with Crippen LogP contribution in [0.3, 0.4) is 0 Å². The number of nitrogens with one attached hydrogen (secondary N) is 2.